The third kappa shape index (κ3) is 4.55. The number of para-hydroxylation sites is 4. The Morgan fingerprint density at radius 1 is 0.479 bits per heavy atom. The summed E-state index contributed by atoms with van der Waals surface area (Å²) >= 11 is 3.66. The largest absolute Gasteiger partial charge is 0.308 e. The van der Waals surface area contributed by atoms with Crippen molar-refractivity contribution in [3.05, 3.63) is 146 Å². The fraction of sp³-hybridized carbons (Fsp3) is 0.0476. The zero-order valence-corrected chi connectivity index (χ0v) is 28.1. The highest BCUT2D eigenvalue weighted by Gasteiger charge is 2.31. The molecule has 3 heterocycles. The summed E-state index contributed by atoms with van der Waals surface area (Å²) in [7, 11) is 0. The molecule has 230 valence electrons. The van der Waals surface area contributed by atoms with Crippen LogP contribution in [0.25, 0.3) is 33.3 Å². The van der Waals surface area contributed by atoms with Crippen LogP contribution in [0, 0.1) is 0 Å². The van der Waals surface area contributed by atoms with Crippen molar-refractivity contribution in [1.29, 1.82) is 0 Å². The Balaban J connectivity index is 0.000000746. The molecule has 1 aliphatic carbocycles. The molecule has 0 unspecified atom stereocenters. The van der Waals surface area contributed by atoms with E-state index in [0.29, 0.717) is 0 Å². The molecule has 2 aliphatic heterocycles. The van der Waals surface area contributed by atoms with Crippen LogP contribution in [-0.2, 0) is 0 Å². The first-order chi connectivity index (χ1) is 23.7. The molecule has 0 fully saturated rings. The third-order valence-corrected chi connectivity index (χ3v) is 11.2. The van der Waals surface area contributed by atoms with Gasteiger partial charge in [-0.05, 0) is 92.0 Å². The van der Waals surface area contributed by atoms with E-state index in [2.05, 4.69) is 131 Å². The van der Waals surface area contributed by atoms with E-state index in [1.807, 2.05) is 49.5 Å². The minimum atomic E-state index is 0.939. The van der Waals surface area contributed by atoms with Crippen LogP contribution in [0.2, 0.25) is 0 Å². The molecule has 0 bridgehead atoms. The Morgan fingerprint density at radius 2 is 0.833 bits per heavy atom. The number of hydrogen-bond donors (Lipinski definition) is 0. The molecule has 6 aromatic carbocycles. The molecular weight excluding hydrogens is 625 g/mol. The lowest BCUT2D eigenvalue weighted by Crippen LogP contribution is -2.15. The molecule has 4 nitrogen and oxygen atoms in total. The van der Waals surface area contributed by atoms with E-state index in [9.17, 15) is 0 Å². The fourth-order valence-electron chi connectivity index (χ4n) is 6.81. The number of nitrogens with zero attached hydrogens (tertiary/aromatic N) is 4. The van der Waals surface area contributed by atoms with Gasteiger partial charge in [-0.1, -0.05) is 84.2 Å². The third-order valence-electron chi connectivity index (χ3n) is 8.94. The summed E-state index contributed by atoms with van der Waals surface area (Å²) in [6, 6.07) is 44.0. The van der Waals surface area contributed by atoms with E-state index in [-0.39, 0.29) is 0 Å². The molecule has 6 heteroatoms. The molecule has 7 aromatic rings. The Kier molecular flexibility index (Phi) is 7.07. The summed E-state index contributed by atoms with van der Waals surface area (Å²) in [6.45, 7) is 4.00. The molecule has 0 amide bonds. The van der Waals surface area contributed by atoms with E-state index in [1.54, 1.807) is 12.4 Å². The number of benzene rings is 6. The summed E-state index contributed by atoms with van der Waals surface area (Å²) in [5.41, 5.74) is 11.1. The van der Waals surface area contributed by atoms with E-state index < -0.39 is 0 Å². The second-order valence-electron chi connectivity index (χ2n) is 11.8. The number of fused-ring (bicyclic) bond motifs is 7. The Hall–Kier alpha value is -5.30. The van der Waals surface area contributed by atoms with Gasteiger partial charge in [-0.15, -0.1) is 0 Å². The van der Waals surface area contributed by atoms with Gasteiger partial charge in [-0.3, -0.25) is 9.97 Å². The van der Waals surface area contributed by atoms with E-state index >= 15 is 0 Å². The molecule has 0 spiro atoms. The second kappa shape index (κ2) is 11.7. The van der Waals surface area contributed by atoms with Gasteiger partial charge >= 0.3 is 0 Å². The average Bonchev–Trinajstić information content (AvgIpc) is 3.46. The van der Waals surface area contributed by atoms with Gasteiger partial charge in [0.2, 0.25) is 0 Å². The van der Waals surface area contributed by atoms with Crippen LogP contribution in [0.15, 0.2) is 165 Å². The Morgan fingerprint density at radius 3 is 1.19 bits per heavy atom. The number of allylic oxidation sites excluding steroid dienone is 2. The summed E-state index contributed by atoms with van der Waals surface area (Å²) < 4.78 is 0. The highest BCUT2D eigenvalue weighted by molar-refractivity contribution is 8.00. The molecule has 1 aromatic heterocycles. The zero-order valence-electron chi connectivity index (χ0n) is 26.5. The van der Waals surface area contributed by atoms with Crippen molar-refractivity contribution in [1.82, 2.24) is 9.97 Å². The van der Waals surface area contributed by atoms with Gasteiger partial charge in [0.1, 0.15) is 0 Å². The topological polar surface area (TPSA) is 32.3 Å². The maximum absolute atomic E-state index is 4.89. The first-order valence-corrected chi connectivity index (χ1v) is 17.7. The Labute approximate surface area is 288 Å². The summed E-state index contributed by atoms with van der Waals surface area (Å²) in [6.07, 6.45) is 7.61. The van der Waals surface area contributed by atoms with E-state index in [4.69, 9.17) is 9.97 Å². The van der Waals surface area contributed by atoms with Crippen LogP contribution in [0.3, 0.4) is 0 Å². The van der Waals surface area contributed by atoms with Crippen LogP contribution < -0.4 is 9.80 Å². The van der Waals surface area contributed by atoms with Crippen LogP contribution in [0.5, 0.6) is 0 Å². The first-order valence-electron chi connectivity index (χ1n) is 16.1. The van der Waals surface area contributed by atoms with Gasteiger partial charge in [-0.2, -0.15) is 0 Å². The minimum absolute atomic E-state index is 0.939. The molecule has 0 atom stereocenters. The summed E-state index contributed by atoms with van der Waals surface area (Å²) in [5, 5.41) is 2.38. The van der Waals surface area contributed by atoms with Crippen molar-refractivity contribution in [2.45, 2.75) is 33.4 Å². The van der Waals surface area contributed by atoms with Crippen LogP contribution in [0.1, 0.15) is 13.8 Å². The standard InChI is InChI=1S/C38H22N4S2.C4H8/c1-5-13-32-28(9-1)41(29-10-2-6-14-33(29)43-32)24-19-23-20-25(22-27-36(23)26(21-24)37-38(27)40-18-17-39-37)42-30-11-3-7-15-34(30)44-35-16-8-4-12-31(35)42;1-3-4-2/h1-22H;3-4H,1-2H3/b;4-3-. The van der Waals surface area contributed by atoms with Crippen LogP contribution in [0.4, 0.5) is 34.1 Å². The summed E-state index contributed by atoms with van der Waals surface area (Å²) in [4.78, 5) is 19.6. The quantitative estimate of drug-likeness (QED) is 0.173. The van der Waals surface area contributed by atoms with Gasteiger partial charge in [0.05, 0.1) is 34.1 Å². The molecule has 0 N–H and O–H groups in total. The van der Waals surface area contributed by atoms with Gasteiger partial charge in [-0.25, -0.2) is 0 Å². The lowest BCUT2D eigenvalue weighted by molar-refractivity contribution is 1.17. The zero-order chi connectivity index (χ0) is 32.2. The van der Waals surface area contributed by atoms with Gasteiger partial charge < -0.3 is 9.80 Å². The first kappa shape index (κ1) is 28.9. The van der Waals surface area contributed by atoms with Crippen molar-refractivity contribution < 1.29 is 0 Å². The minimum Gasteiger partial charge on any atom is -0.308 e. The van der Waals surface area contributed by atoms with Crippen molar-refractivity contribution in [3.8, 4) is 22.5 Å². The predicted molar refractivity (Wildman–Crippen MR) is 202 cm³/mol. The monoisotopic (exact) mass is 654 g/mol. The highest BCUT2D eigenvalue weighted by Crippen LogP contribution is 2.56. The van der Waals surface area contributed by atoms with Gasteiger partial charge in [0.15, 0.2) is 0 Å². The molecule has 48 heavy (non-hydrogen) atoms. The molecule has 0 saturated heterocycles. The number of anilines is 6. The van der Waals surface area contributed by atoms with Gasteiger partial charge in [0.25, 0.3) is 0 Å². The van der Waals surface area contributed by atoms with E-state index in [1.165, 1.54) is 53.1 Å². The normalized spacial score (nSPS) is 13.3. The van der Waals surface area contributed by atoms with Crippen molar-refractivity contribution in [3.63, 3.8) is 0 Å². The van der Waals surface area contributed by atoms with Crippen LogP contribution >= 0.6 is 23.5 Å². The second-order valence-corrected chi connectivity index (χ2v) is 13.9. The smallest absolute Gasteiger partial charge is 0.0972 e. The summed E-state index contributed by atoms with van der Waals surface area (Å²) in [5.74, 6) is 0. The van der Waals surface area contributed by atoms with Gasteiger partial charge in [0, 0.05) is 59.9 Å². The van der Waals surface area contributed by atoms with Crippen molar-refractivity contribution >= 4 is 68.4 Å². The van der Waals surface area contributed by atoms with Crippen molar-refractivity contribution in [2.24, 2.45) is 0 Å². The lowest BCUT2D eigenvalue weighted by atomic mass is 10.00. The molecule has 0 radical (unpaired) electrons. The Bertz CT molecular complexity index is 2160. The highest BCUT2D eigenvalue weighted by atomic mass is 32.2. The number of aromatic nitrogens is 2. The maximum atomic E-state index is 4.89. The van der Waals surface area contributed by atoms with Crippen LogP contribution in [-0.4, -0.2) is 9.97 Å². The average molecular weight is 655 g/mol. The van der Waals surface area contributed by atoms with E-state index in [0.717, 1.165) is 33.9 Å². The van der Waals surface area contributed by atoms with Crippen molar-refractivity contribution in [2.75, 3.05) is 9.80 Å². The maximum Gasteiger partial charge on any atom is 0.0972 e. The molecule has 3 aliphatic rings. The number of hydrogen-bond acceptors (Lipinski definition) is 6. The SMILES string of the molecule is C/C=C\C.c1ccc2c(c1)Sc1ccccc1N2c1cc2c3c(cc(N4c5ccccc5Sc5ccccc54)cc3c1)-c1nccnc1-2. The number of rotatable bonds is 2. The lowest BCUT2D eigenvalue weighted by Gasteiger charge is -2.34. The predicted octanol–water partition coefficient (Wildman–Crippen LogP) is 12.7. The fourth-order valence-corrected chi connectivity index (χ4v) is 8.93. The molecule has 10 rings (SSSR count). The molecular formula is C42H30N4S2. The molecule has 0 saturated carbocycles.